The van der Waals surface area contributed by atoms with Gasteiger partial charge in [0.15, 0.2) is 0 Å². The van der Waals surface area contributed by atoms with Crippen LogP contribution in [0.5, 0.6) is 0 Å². The number of hydrogen-bond acceptors (Lipinski definition) is 3. The number of benzene rings is 1. The van der Waals surface area contributed by atoms with Crippen molar-refractivity contribution in [2.45, 2.75) is 46.1 Å². The lowest BCUT2D eigenvalue weighted by Gasteiger charge is -2.30. The van der Waals surface area contributed by atoms with Crippen LogP contribution in [0.4, 0.5) is 11.4 Å². The predicted octanol–water partition coefficient (Wildman–Crippen LogP) is 2.79. The molecule has 0 aliphatic carbocycles. The van der Waals surface area contributed by atoms with Gasteiger partial charge in [-0.15, -0.1) is 0 Å². The van der Waals surface area contributed by atoms with Crippen molar-refractivity contribution in [1.82, 2.24) is 5.32 Å². The molecule has 0 bridgehead atoms. The second-order valence-electron chi connectivity index (χ2n) is 5.02. The van der Waals surface area contributed by atoms with Crippen LogP contribution in [0.25, 0.3) is 0 Å². The molecule has 112 valence electrons. The van der Waals surface area contributed by atoms with E-state index in [-0.39, 0.29) is 11.9 Å². The molecule has 0 heterocycles. The summed E-state index contributed by atoms with van der Waals surface area (Å²) >= 11 is 0. The van der Waals surface area contributed by atoms with Crippen molar-refractivity contribution in [3.05, 3.63) is 24.3 Å². The van der Waals surface area contributed by atoms with Gasteiger partial charge in [-0.3, -0.25) is 4.79 Å². The Kier molecular flexibility index (Phi) is 6.91. The Balaban J connectivity index is 2.65. The molecule has 1 rings (SSSR count). The molecule has 0 aliphatic rings. The molecule has 0 saturated heterocycles. The lowest BCUT2D eigenvalue weighted by atomic mass is 10.2. The molecular formula is C16H27N3O. The highest BCUT2D eigenvalue weighted by atomic mass is 16.2. The maximum absolute atomic E-state index is 12.2. The van der Waals surface area contributed by atoms with Crippen LogP contribution in [0.15, 0.2) is 24.3 Å². The lowest BCUT2D eigenvalue weighted by molar-refractivity contribution is -0.122. The average molecular weight is 277 g/mol. The highest BCUT2D eigenvalue weighted by Crippen LogP contribution is 2.24. The third kappa shape index (κ3) is 4.44. The molecule has 4 nitrogen and oxygen atoms in total. The van der Waals surface area contributed by atoms with Gasteiger partial charge >= 0.3 is 0 Å². The standard InChI is InChI=1S/C16H27N3O/c1-4-6-9-12-18-16(20)13(3)19(5-2)15-11-8-7-10-14(15)17/h7-8,10-11,13H,4-6,9,12,17H2,1-3H3,(H,18,20). The summed E-state index contributed by atoms with van der Waals surface area (Å²) in [4.78, 5) is 14.2. The van der Waals surface area contributed by atoms with E-state index < -0.39 is 0 Å². The van der Waals surface area contributed by atoms with E-state index in [4.69, 9.17) is 5.73 Å². The fourth-order valence-electron chi connectivity index (χ4n) is 2.28. The van der Waals surface area contributed by atoms with Gasteiger partial charge in [-0.2, -0.15) is 0 Å². The number of hydrogen-bond donors (Lipinski definition) is 2. The van der Waals surface area contributed by atoms with Crippen LogP contribution in [0.3, 0.4) is 0 Å². The topological polar surface area (TPSA) is 58.4 Å². The molecule has 1 aromatic carbocycles. The predicted molar refractivity (Wildman–Crippen MR) is 85.9 cm³/mol. The van der Waals surface area contributed by atoms with Gasteiger partial charge in [0.2, 0.25) is 5.91 Å². The molecule has 1 atom stereocenters. The maximum atomic E-state index is 12.2. The first-order chi connectivity index (χ1) is 9.61. The van der Waals surface area contributed by atoms with Crippen LogP contribution in [0, 0.1) is 0 Å². The van der Waals surface area contributed by atoms with Crippen LogP contribution in [0.2, 0.25) is 0 Å². The highest BCUT2D eigenvalue weighted by molar-refractivity contribution is 5.86. The quantitative estimate of drug-likeness (QED) is 0.567. The molecule has 3 N–H and O–H groups in total. The zero-order valence-electron chi connectivity index (χ0n) is 12.9. The Morgan fingerprint density at radius 3 is 2.60 bits per heavy atom. The summed E-state index contributed by atoms with van der Waals surface area (Å²) in [5.74, 6) is 0.0613. The third-order valence-electron chi connectivity index (χ3n) is 3.51. The third-order valence-corrected chi connectivity index (χ3v) is 3.51. The summed E-state index contributed by atoms with van der Waals surface area (Å²) in [5.41, 5.74) is 7.63. The minimum absolute atomic E-state index is 0.0613. The second-order valence-corrected chi connectivity index (χ2v) is 5.02. The summed E-state index contributed by atoms with van der Waals surface area (Å²) in [6, 6.07) is 7.46. The molecule has 0 spiro atoms. The Hall–Kier alpha value is -1.71. The zero-order chi connectivity index (χ0) is 15.0. The summed E-state index contributed by atoms with van der Waals surface area (Å²) in [7, 11) is 0. The molecule has 1 aromatic rings. The van der Waals surface area contributed by atoms with Gasteiger partial charge in [-0.25, -0.2) is 0 Å². The number of carbonyl (C=O) groups excluding carboxylic acids is 1. The largest absolute Gasteiger partial charge is 0.397 e. The minimum Gasteiger partial charge on any atom is -0.397 e. The molecular weight excluding hydrogens is 250 g/mol. The number of anilines is 2. The van der Waals surface area contributed by atoms with Gasteiger partial charge in [0.25, 0.3) is 0 Å². The van der Waals surface area contributed by atoms with Crippen LogP contribution < -0.4 is 16.0 Å². The number of unbranched alkanes of at least 4 members (excludes halogenated alkanes) is 2. The molecule has 4 heteroatoms. The monoisotopic (exact) mass is 277 g/mol. The Morgan fingerprint density at radius 1 is 1.30 bits per heavy atom. The number of para-hydroxylation sites is 2. The molecule has 1 unspecified atom stereocenters. The summed E-state index contributed by atoms with van der Waals surface area (Å²) < 4.78 is 0. The van der Waals surface area contributed by atoms with Crippen molar-refractivity contribution in [1.29, 1.82) is 0 Å². The summed E-state index contributed by atoms with van der Waals surface area (Å²) in [6.45, 7) is 7.61. The van der Waals surface area contributed by atoms with E-state index >= 15 is 0 Å². The first-order valence-electron chi connectivity index (χ1n) is 7.50. The fourth-order valence-corrected chi connectivity index (χ4v) is 2.28. The maximum Gasteiger partial charge on any atom is 0.242 e. The van der Waals surface area contributed by atoms with Crippen LogP contribution in [0.1, 0.15) is 40.0 Å². The van der Waals surface area contributed by atoms with Crippen molar-refractivity contribution in [2.75, 3.05) is 23.7 Å². The highest BCUT2D eigenvalue weighted by Gasteiger charge is 2.21. The fraction of sp³-hybridized carbons (Fsp3) is 0.562. The SMILES string of the molecule is CCCCCNC(=O)C(C)N(CC)c1ccccc1N. The summed E-state index contributed by atoms with van der Waals surface area (Å²) in [5, 5.41) is 3.00. The van der Waals surface area contributed by atoms with Gasteiger partial charge in [-0.05, 0) is 32.4 Å². The van der Waals surface area contributed by atoms with Crippen molar-refractivity contribution >= 4 is 17.3 Å². The van der Waals surface area contributed by atoms with E-state index in [1.165, 1.54) is 0 Å². The number of amides is 1. The average Bonchev–Trinajstić information content (AvgIpc) is 2.46. The van der Waals surface area contributed by atoms with Crippen LogP contribution >= 0.6 is 0 Å². The Morgan fingerprint density at radius 2 is 2.00 bits per heavy atom. The zero-order valence-corrected chi connectivity index (χ0v) is 12.9. The molecule has 1 amide bonds. The number of rotatable bonds is 8. The van der Waals surface area contributed by atoms with E-state index in [0.717, 1.165) is 38.0 Å². The second kappa shape index (κ2) is 8.46. The van der Waals surface area contributed by atoms with Gasteiger partial charge in [0.1, 0.15) is 6.04 Å². The lowest BCUT2D eigenvalue weighted by Crippen LogP contribution is -2.45. The molecule has 0 radical (unpaired) electrons. The number of nitrogens with zero attached hydrogens (tertiary/aromatic N) is 1. The van der Waals surface area contributed by atoms with E-state index in [1.54, 1.807) is 0 Å². The van der Waals surface area contributed by atoms with Gasteiger partial charge < -0.3 is 16.0 Å². The number of nitrogen functional groups attached to an aromatic ring is 1. The van der Waals surface area contributed by atoms with Crippen LogP contribution in [-0.4, -0.2) is 25.0 Å². The number of nitrogens with one attached hydrogen (secondary N) is 1. The van der Waals surface area contributed by atoms with Gasteiger partial charge in [-0.1, -0.05) is 31.9 Å². The van der Waals surface area contributed by atoms with E-state index in [9.17, 15) is 4.79 Å². The van der Waals surface area contributed by atoms with E-state index in [2.05, 4.69) is 12.2 Å². The van der Waals surface area contributed by atoms with E-state index in [1.807, 2.05) is 43.0 Å². The smallest absolute Gasteiger partial charge is 0.242 e. The van der Waals surface area contributed by atoms with Gasteiger partial charge in [0, 0.05) is 13.1 Å². The Labute approximate surface area is 122 Å². The molecule has 20 heavy (non-hydrogen) atoms. The van der Waals surface area contributed by atoms with E-state index in [0.29, 0.717) is 5.69 Å². The number of nitrogens with two attached hydrogens (primary N) is 1. The molecule has 0 aromatic heterocycles. The normalized spacial score (nSPS) is 11.9. The first kappa shape index (κ1) is 16.3. The number of likely N-dealkylation sites (N-methyl/N-ethyl adjacent to an activating group) is 1. The van der Waals surface area contributed by atoms with Crippen LogP contribution in [-0.2, 0) is 4.79 Å². The van der Waals surface area contributed by atoms with Crippen molar-refractivity contribution in [3.63, 3.8) is 0 Å². The minimum atomic E-state index is -0.216. The molecule has 0 aliphatic heterocycles. The molecule has 0 saturated carbocycles. The summed E-state index contributed by atoms with van der Waals surface area (Å²) in [6.07, 6.45) is 3.35. The first-order valence-corrected chi connectivity index (χ1v) is 7.50. The van der Waals surface area contributed by atoms with Crippen molar-refractivity contribution < 1.29 is 4.79 Å². The molecule has 0 fully saturated rings. The van der Waals surface area contributed by atoms with Crippen molar-refractivity contribution in [2.24, 2.45) is 0 Å². The Bertz CT molecular complexity index is 420. The van der Waals surface area contributed by atoms with Crippen molar-refractivity contribution in [3.8, 4) is 0 Å². The van der Waals surface area contributed by atoms with Gasteiger partial charge in [0.05, 0.1) is 11.4 Å². The number of carbonyl (C=O) groups is 1.